The van der Waals surface area contributed by atoms with E-state index < -0.39 is 11.7 Å². The first-order valence-corrected chi connectivity index (χ1v) is 4.59. The summed E-state index contributed by atoms with van der Waals surface area (Å²) in [5, 5.41) is 9.10. The van der Waals surface area contributed by atoms with Gasteiger partial charge in [0.1, 0.15) is 11.5 Å². The van der Waals surface area contributed by atoms with Crippen LogP contribution < -0.4 is 10.4 Å². The van der Waals surface area contributed by atoms with Gasteiger partial charge in [0.2, 0.25) is 0 Å². The zero-order valence-electron chi connectivity index (χ0n) is 8.98. The molecule has 0 aliphatic carbocycles. The summed E-state index contributed by atoms with van der Waals surface area (Å²) < 4.78 is 9.96. The number of aliphatic hydroxyl groups excluding tert-OH is 1. The van der Waals surface area contributed by atoms with Gasteiger partial charge in [0, 0.05) is 0 Å². The van der Waals surface area contributed by atoms with E-state index in [1.165, 1.54) is 13.2 Å². The van der Waals surface area contributed by atoms with E-state index in [4.69, 9.17) is 14.3 Å². The third-order valence-electron chi connectivity index (χ3n) is 1.91. The van der Waals surface area contributed by atoms with Crippen LogP contribution in [0.2, 0.25) is 0 Å². The van der Waals surface area contributed by atoms with Crippen molar-refractivity contribution in [3.63, 3.8) is 0 Å². The van der Waals surface area contributed by atoms with Gasteiger partial charge in [-0.2, -0.15) is 0 Å². The summed E-state index contributed by atoms with van der Waals surface area (Å²) >= 11 is 0. The van der Waals surface area contributed by atoms with Gasteiger partial charge in [0.15, 0.2) is 0 Å². The molecule has 1 aromatic heterocycles. The summed E-state index contributed by atoms with van der Waals surface area (Å²) in [7, 11) is 1.48. The van der Waals surface area contributed by atoms with Crippen molar-refractivity contribution >= 4 is 6.08 Å². The molecule has 1 aromatic rings. The second-order valence-electron chi connectivity index (χ2n) is 3.20. The lowest BCUT2D eigenvalue weighted by atomic mass is 10.1. The predicted molar refractivity (Wildman–Crippen MR) is 57.0 cm³/mol. The van der Waals surface area contributed by atoms with Gasteiger partial charge in [-0.1, -0.05) is 6.08 Å². The molecular weight excluding hydrogens is 196 g/mol. The molecule has 0 aromatic carbocycles. The smallest absolute Gasteiger partial charge is 0.339 e. The zero-order chi connectivity index (χ0) is 11.4. The second-order valence-corrected chi connectivity index (χ2v) is 3.20. The maximum Gasteiger partial charge on any atom is 0.339 e. The van der Waals surface area contributed by atoms with Gasteiger partial charge in [0.05, 0.1) is 24.8 Å². The van der Waals surface area contributed by atoms with E-state index in [9.17, 15) is 4.79 Å². The molecular formula is C11H14O4. The first kappa shape index (κ1) is 11.5. The van der Waals surface area contributed by atoms with Crippen molar-refractivity contribution in [3.8, 4) is 5.75 Å². The molecule has 0 saturated heterocycles. The molecule has 15 heavy (non-hydrogen) atoms. The number of methoxy groups -OCH3 is 1. The normalized spacial score (nSPS) is 13.1. The van der Waals surface area contributed by atoms with Gasteiger partial charge in [0.25, 0.3) is 0 Å². The number of hydrogen-bond acceptors (Lipinski definition) is 4. The second kappa shape index (κ2) is 4.79. The zero-order valence-corrected chi connectivity index (χ0v) is 8.98. The van der Waals surface area contributed by atoms with Gasteiger partial charge in [-0.05, 0) is 19.9 Å². The number of rotatable bonds is 3. The van der Waals surface area contributed by atoms with Crippen molar-refractivity contribution in [1.82, 2.24) is 0 Å². The van der Waals surface area contributed by atoms with Crippen LogP contribution in [0.4, 0.5) is 0 Å². The van der Waals surface area contributed by atoms with Crippen LogP contribution in [0.15, 0.2) is 21.4 Å². The van der Waals surface area contributed by atoms with E-state index >= 15 is 0 Å². The molecule has 1 heterocycles. The summed E-state index contributed by atoms with van der Waals surface area (Å²) in [5.41, 5.74) is 0.219. The van der Waals surface area contributed by atoms with Crippen LogP contribution >= 0.6 is 0 Å². The molecule has 0 aliphatic heterocycles. The lowest BCUT2D eigenvalue weighted by Crippen LogP contribution is -2.02. The molecule has 82 valence electrons. The molecule has 0 radical (unpaired) electrons. The Morgan fingerprint density at radius 3 is 2.80 bits per heavy atom. The number of ether oxygens (including phenoxy) is 1. The Hall–Kier alpha value is -1.55. The third kappa shape index (κ3) is 2.95. The molecule has 1 N–H and O–H groups in total. The molecule has 4 nitrogen and oxygen atoms in total. The van der Waals surface area contributed by atoms with Gasteiger partial charge < -0.3 is 14.3 Å². The SMILES string of the molecule is COc1cc(=O)oc(C)c1C=CC(C)O. The van der Waals surface area contributed by atoms with E-state index in [0.29, 0.717) is 17.1 Å². The quantitative estimate of drug-likeness (QED) is 0.818. The topological polar surface area (TPSA) is 59.7 Å². The van der Waals surface area contributed by atoms with Crippen molar-refractivity contribution in [2.24, 2.45) is 0 Å². The highest BCUT2D eigenvalue weighted by Crippen LogP contribution is 2.21. The Morgan fingerprint density at radius 1 is 1.60 bits per heavy atom. The Balaban J connectivity index is 3.21. The summed E-state index contributed by atoms with van der Waals surface area (Å²) in [5.74, 6) is 0.914. The van der Waals surface area contributed by atoms with Crippen LogP contribution in [-0.4, -0.2) is 18.3 Å². The minimum atomic E-state index is -0.555. The van der Waals surface area contributed by atoms with Crippen LogP contribution in [0.1, 0.15) is 18.2 Å². The Bertz CT molecular complexity index is 415. The van der Waals surface area contributed by atoms with Crippen molar-refractivity contribution in [2.45, 2.75) is 20.0 Å². The molecule has 1 unspecified atom stereocenters. The fraction of sp³-hybridized carbons (Fsp3) is 0.364. The molecule has 1 rings (SSSR count). The molecule has 0 bridgehead atoms. The van der Waals surface area contributed by atoms with Gasteiger partial charge in [-0.15, -0.1) is 0 Å². The Labute approximate surface area is 87.8 Å². The Kier molecular flexibility index (Phi) is 3.68. The predicted octanol–water partition coefficient (Wildman–Crippen LogP) is 1.35. The molecule has 0 spiro atoms. The first-order chi connectivity index (χ1) is 7.04. The molecule has 0 amide bonds. The number of aliphatic hydroxyl groups is 1. The van der Waals surface area contributed by atoms with Crippen LogP contribution in [-0.2, 0) is 0 Å². The summed E-state index contributed by atoms with van der Waals surface area (Å²) in [6.07, 6.45) is 2.70. The third-order valence-corrected chi connectivity index (χ3v) is 1.91. The summed E-state index contributed by atoms with van der Waals surface area (Å²) in [6.45, 7) is 3.31. The highest BCUT2D eigenvalue weighted by Gasteiger charge is 2.07. The average Bonchev–Trinajstić information content (AvgIpc) is 2.14. The van der Waals surface area contributed by atoms with E-state index in [1.807, 2.05) is 0 Å². The molecule has 0 fully saturated rings. The molecule has 4 heteroatoms. The maximum atomic E-state index is 11.0. The highest BCUT2D eigenvalue weighted by atomic mass is 16.5. The van der Waals surface area contributed by atoms with Crippen LogP contribution in [0.25, 0.3) is 6.08 Å². The lowest BCUT2D eigenvalue weighted by molar-refractivity contribution is 0.245. The summed E-state index contributed by atoms with van der Waals surface area (Å²) in [6, 6.07) is 1.27. The number of aryl methyl sites for hydroxylation is 1. The first-order valence-electron chi connectivity index (χ1n) is 4.59. The minimum Gasteiger partial charge on any atom is -0.496 e. The molecule has 0 saturated carbocycles. The largest absolute Gasteiger partial charge is 0.496 e. The highest BCUT2D eigenvalue weighted by molar-refractivity contribution is 5.58. The van der Waals surface area contributed by atoms with Gasteiger partial charge in [-0.3, -0.25) is 0 Å². The van der Waals surface area contributed by atoms with Crippen molar-refractivity contribution in [2.75, 3.05) is 7.11 Å². The standard InChI is InChI=1S/C11H14O4/c1-7(12)4-5-9-8(2)15-11(13)6-10(9)14-3/h4-7,12H,1-3H3. The van der Waals surface area contributed by atoms with E-state index in [2.05, 4.69) is 0 Å². The minimum absolute atomic E-state index is 0.445. The molecule has 0 aliphatic rings. The van der Waals surface area contributed by atoms with Gasteiger partial charge >= 0.3 is 5.63 Å². The lowest BCUT2D eigenvalue weighted by Gasteiger charge is -2.06. The fourth-order valence-electron chi connectivity index (χ4n) is 1.20. The van der Waals surface area contributed by atoms with Crippen LogP contribution in [0.3, 0.4) is 0 Å². The van der Waals surface area contributed by atoms with Gasteiger partial charge in [-0.25, -0.2) is 4.79 Å². The van der Waals surface area contributed by atoms with E-state index in [-0.39, 0.29) is 0 Å². The van der Waals surface area contributed by atoms with Crippen LogP contribution in [0, 0.1) is 6.92 Å². The number of hydrogen-bond donors (Lipinski definition) is 1. The fourth-order valence-corrected chi connectivity index (χ4v) is 1.20. The molecule has 1 atom stereocenters. The Morgan fingerprint density at radius 2 is 2.27 bits per heavy atom. The average molecular weight is 210 g/mol. The van der Waals surface area contributed by atoms with Crippen molar-refractivity contribution in [3.05, 3.63) is 33.9 Å². The van der Waals surface area contributed by atoms with Crippen molar-refractivity contribution < 1.29 is 14.3 Å². The summed E-state index contributed by atoms with van der Waals surface area (Å²) in [4.78, 5) is 11.0. The maximum absolute atomic E-state index is 11.0. The van der Waals surface area contributed by atoms with E-state index in [1.54, 1.807) is 26.0 Å². The monoisotopic (exact) mass is 210 g/mol. The van der Waals surface area contributed by atoms with E-state index in [0.717, 1.165) is 0 Å². The van der Waals surface area contributed by atoms with Crippen molar-refractivity contribution in [1.29, 1.82) is 0 Å². The van der Waals surface area contributed by atoms with Crippen LogP contribution in [0.5, 0.6) is 5.75 Å².